The molecule has 1 aliphatic heterocycles. The molecular formula is C22H29NO4. The molecule has 5 nitrogen and oxygen atoms in total. The summed E-state index contributed by atoms with van der Waals surface area (Å²) in [6.45, 7) is 1.98. The summed E-state index contributed by atoms with van der Waals surface area (Å²) in [5.41, 5.74) is 2.46. The van der Waals surface area contributed by atoms with Crippen molar-refractivity contribution >= 4 is 0 Å². The van der Waals surface area contributed by atoms with Gasteiger partial charge >= 0.3 is 0 Å². The van der Waals surface area contributed by atoms with Gasteiger partial charge in [0.15, 0.2) is 11.5 Å². The minimum Gasteiger partial charge on any atom is -0.493 e. The zero-order chi connectivity index (χ0) is 19.2. The maximum atomic E-state index is 9.62. The third-order valence-electron chi connectivity index (χ3n) is 5.42. The van der Waals surface area contributed by atoms with Crippen LogP contribution in [0.4, 0.5) is 0 Å². The molecule has 0 aliphatic carbocycles. The Balaban J connectivity index is 1.84. The van der Waals surface area contributed by atoms with Gasteiger partial charge in [-0.1, -0.05) is 30.3 Å². The number of hydrogen-bond donors (Lipinski definition) is 1. The second-order valence-electron chi connectivity index (χ2n) is 6.89. The van der Waals surface area contributed by atoms with Crippen molar-refractivity contribution in [2.75, 3.05) is 34.5 Å². The molecule has 0 saturated carbocycles. The van der Waals surface area contributed by atoms with Crippen LogP contribution in [0.15, 0.2) is 42.5 Å². The summed E-state index contributed by atoms with van der Waals surface area (Å²) >= 11 is 0. The smallest absolute Gasteiger partial charge is 0.203 e. The fourth-order valence-corrected chi connectivity index (χ4v) is 4.18. The Kier molecular flexibility index (Phi) is 6.58. The molecule has 0 amide bonds. The van der Waals surface area contributed by atoms with Crippen molar-refractivity contribution in [3.8, 4) is 17.2 Å². The highest BCUT2D eigenvalue weighted by molar-refractivity contribution is 5.53. The van der Waals surface area contributed by atoms with Gasteiger partial charge in [-0.15, -0.1) is 0 Å². The standard InChI is InChI=1S/C22H29NO4/c1-25-20-13-16(14-21(26-2)22(20)27-3)15-23-11-9-18(19(23)10-12-24)17-7-5-4-6-8-17/h4-8,13-14,18-19,24H,9-12,15H2,1-3H3. The molecule has 0 bridgehead atoms. The number of benzene rings is 2. The molecule has 5 heteroatoms. The van der Waals surface area contributed by atoms with E-state index in [1.165, 1.54) is 5.56 Å². The van der Waals surface area contributed by atoms with E-state index in [0.717, 1.165) is 31.5 Å². The van der Waals surface area contributed by atoms with Gasteiger partial charge in [-0.05, 0) is 42.6 Å². The van der Waals surface area contributed by atoms with Crippen molar-refractivity contribution in [3.05, 3.63) is 53.6 Å². The van der Waals surface area contributed by atoms with Crippen molar-refractivity contribution < 1.29 is 19.3 Å². The molecule has 1 heterocycles. The lowest BCUT2D eigenvalue weighted by Gasteiger charge is -2.28. The number of rotatable bonds is 8. The zero-order valence-corrected chi connectivity index (χ0v) is 16.4. The van der Waals surface area contributed by atoms with Crippen LogP contribution in [0.5, 0.6) is 17.2 Å². The van der Waals surface area contributed by atoms with Crippen LogP contribution in [-0.2, 0) is 6.54 Å². The van der Waals surface area contributed by atoms with E-state index in [9.17, 15) is 5.11 Å². The van der Waals surface area contributed by atoms with Gasteiger partial charge in [-0.3, -0.25) is 4.90 Å². The van der Waals surface area contributed by atoms with Crippen LogP contribution < -0.4 is 14.2 Å². The normalized spacial score (nSPS) is 19.9. The first-order chi connectivity index (χ1) is 13.2. The second-order valence-corrected chi connectivity index (χ2v) is 6.89. The molecule has 1 saturated heterocycles. The van der Waals surface area contributed by atoms with Crippen LogP contribution in [0.3, 0.4) is 0 Å². The zero-order valence-electron chi connectivity index (χ0n) is 16.4. The number of methoxy groups -OCH3 is 3. The number of ether oxygens (including phenoxy) is 3. The molecule has 2 atom stereocenters. The highest BCUT2D eigenvalue weighted by Gasteiger charge is 2.34. The van der Waals surface area contributed by atoms with E-state index in [1.54, 1.807) is 21.3 Å². The third kappa shape index (κ3) is 4.20. The third-order valence-corrected chi connectivity index (χ3v) is 5.42. The Labute approximate surface area is 161 Å². The lowest BCUT2D eigenvalue weighted by molar-refractivity contribution is 0.181. The maximum absolute atomic E-state index is 9.62. The fraction of sp³-hybridized carbons (Fsp3) is 0.455. The molecule has 3 rings (SSSR count). The summed E-state index contributed by atoms with van der Waals surface area (Å²) in [6.07, 6.45) is 1.86. The molecular weight excluding hydrogens is 342 g/mol. The van der Waals surface area contributed by atoms with Crippen LogP contribution in [-0.4, -0.2) is 50.5 Å². The quantitative estimate of drug-likeness (QED) is 0.770. The van der Waals surface area contributed by atoms with Crippen molar-refractivity contribution in [1.29, 1.82) is 0 Å². The topological polar surface area (TPSA) is 51.2 Å². The average molecular weight is 371 g/mol. The monoisotopic (exact) mass is 371 g/mol. The average Bonchev–Trinajstić information content (AvgIpc) is 3.10. The largest absolute Gasteiger partial charge is 0.493 e. The summed E-state index contributed by atoms with van der Waals surface area (Å²) in [4.78, 5) is 2.45. The first-order valence-electron chi connectivity index (χ1n) is 9.40. The van der Waals surface area contributed by atoms with Crippen LogP contribution in [0, 0.1) is 0 Å². The van der Waals surface area contributed by atoms with Gasteiger partial charge < -0.3 is 19.3 Å². The van der Waals surface area contributed by atoms with Gasteiger partial charge in [-0.25, -0.2) is 0 Å². The van der Waals surface area contributed by atoms with Gasteiger partial charge in [-0.2, -0.15) is 0 Å². The number of hydrogen-bond acceptors (Lipinski definition) is 5. The molecule has 2 unspecified atom stereocenters. The van der Waals surface area contributed by atoms with Gasteiger partial charge in [0.2, 0.25) is 5.75 Å². The van der Waals surface area contributed by atoms with Gasteiger partial charge in [0.05, 0.1) is 21.3 Å². The molecule has 0 spiro atoms. The molecule has 1 N–H and O–H groups in total. The van der Waals surface area contributed by atoms with Gasteiger partial charge in [0.25, 0.3) is 0 Å². The van der Waals surface area contributed by atoms with Crippen molar-refractivity contribution in [2.45, 2.75) is 31.3 Å². The summed E-state index contributed by atoms with van der Waals surface area (Å²) in [5.74, 6) is 2.40. The van der Waals surface area contributed by atoms with Crippen LogP contribution >= 0.6 is 0 Å². The summed E-state index contributed by atoms with van der Waals surface area (Å²) in [7, 11) is 4.89. The Morgan fingerprint density at radius 2 is 1.67 bits per heavy atom. The Hall–Kier alpha value is -2.24. The Morgan fingerprint density at radius 3 is 2.22 bits per heavy atom. The molecule has 1 fully saturated rings. The SMILES string of the molecule is COc1cc(CN2CCC(c3ccccc3)C2CCO)cc(OC)c1OC. The summed E-state index contributed by atoms with van der Waals surface area (Å²) in [5, 5.41) is 9.62. The first-order valence-corrected chi connectivity index (χ1v) is 9.40. The van der Waals surface area contributed by atoms with Crippen LogP contribution in [0.2, 0.25) is 0 Å². The molecule has 2 aromatic carbocycles. The second kappa shape index (κ2) is 9.11. The number of aliphatic hydroxyl groups is 1. The van der Waals surface area contributed by atoms with E-state index >= 15 is 0 Å². The Bertz CT molecular complexity index is 709. The van der Waals surface area contributed by atoms with E-state index < -0.39 is 0 Å². The molecule has 0 radical (unpaired) electrons. The molecule has 27 heavy (non-hydrogen) atoms. The summed E-state index contributed by atoms with van der Waals surface area (Å²) in [6, 6.07) is 14.9. The van der Waals surface area contributed by atoms with Gasteiger partial charge in [0, 0.05) is 25.1 Å². The lowest BCUT2D eigenvalue weighted by atomic mass is 9.90. The predicted octanol–water partition coefficient (Wildman–Crippen LogP) is 3.45. The van der Waals surface area contributed by atoms with E-state index in [2.05, 4.69) is 29.2 Å². The van der Waals surface area contributed by atoms with E-state index in [-0.39, 0.29) is 6.61 Å². The summed E-state index contributed by atoms with van der Waals surface area (Å²) < 4.78 is 16.4. The van der Waals surface area contributed by atoms with E-state index in [1.807, 2.05) is 18.2 Å². The van der Waals surface area contributed by atoms with E-state index in [0.29, 0.717) is 29.2 Å². The number of nitrogens with zero attached hydrogens (tertiary/aromatic N) is 1. The predicted molar refractivity (Wildman–Crippen MR) is 106 cm³/mol. The molecule has 0 aromatic heterocycles. The minimum absolute atomic E-state index is 0.194. The highest BCUT2D eigenvalue weighted by atomic mass is 16.5. The highest BCUT2D eigenvalue weighted by Crippen LogP contribution is 2.40. The van der Waals surface area contributed by atoms with Crippen molar-refractivity contribution in [1.82, 2.24) is 4.90 Å². The maximum Gasteiger partial charge on any atom is 0.203 e. The lowest BCUT2D eigenvalue weighted by Crippen LogP contribution is -2.32. The van der Waals surface area contributed by atoms with Crippen LogP contribution in [0.25, 0.3) is 0 Å². The molecule has 2 aromatic rings. The Morgan fingerprint density at radius 1 is 1.00 bits per heavy atom. The number of likely N-dealkylation sites (tertiary alicyclic amines) is 1. The molecule has 146 valence electrons. The van der Waals surface area contributed by atoms with Gasteiger partial charge in [0.1, 0.15) is 0 Å². The fourth-order valence-electron chi connectivity index (χ4n) is 4.18. The first kappa shape index (κ1) is 19.5. The van der Waals surface area contributed by atoms with E-state index in [4.69, 9.17) is 14.2 Å². The van der Waals surface area contributed by atoms with Crippen molar-refractivity contribution in [3.63, 3.8) is 0 Å². The minimum atomic E-state index is 0.194. The number of aliphatic hydroxyl groups excluding tert-OH is 1. The molecule has 1 aliphatic rings. The van der Waals surface area contributed by atoms with Crippen LogP contribution in [0.1, 0.15) is 29.9 Å². The van der Waals surface area contributed by atoms with Crippen molar-refractivity contribution in [2.24, 2.45) is 0 Å².